The van der Waals surface area contributed by atoms with Crippen molar-refractivity contribution in [2.24, 2.45) is 4.36 Å². The number of fused-ring (bicyclic) bond motifs is 1. The Morgan fingerprint density at radius 2 is 2.12 bits per heavy atom. The van der Waals surface area contributed by atoms with E-state index >= 15 is 0 Å². The van der Waals surface area contributed by atoms with E-state index in [2.05, 4.69) is 24.5 Å². The van der Waals surface area contributed by atoms with Crippen LogP contribution in [0.25, 0.3) is 10.9 Å². The van der Waals surface area contributed by atoms with Gasteiger partial charge in [-0.25, -0.2) is 18.6 Å². The third kappa shape index (κ3) is 5.99. The molecule has 0 aliphatic carbocycles. The van der Waals surface area contributed by atoms with Gasteiger partial charge in [-0.05, 0) is 56.1 Å². The summed E-state index contributed by atoms with van der Waals surface area (Å²) < 4.78 is 36.8. The molecular weight excluding hydrogens is 457 g/mol. The molecule has 0 saturated carbocycles. The number of ether oxygens (including phenoxy) is 1. The summed E-state index contributed by atoms with van der Waals surface area (Å²) in [5.74, 6) is 0.578. The summed E-state index contributed by atoms with van der Waals surface area (Å²) in [4.78, 5) is 10.9. The smallest absolute Gasteiger partial charge is 0.146 e. The van der Waals surface area contributed by atoms with Gasteiger partial charge in [-0.3, -0.25) is 4.90 Å². The quantitative estimate of drug-likeness (QED) is 0.519. The summed E-state index contributed by atoms with van der Waals surface area (Å²) in [6.45, 7) is 4.21. The van der Waals surface area contributed by atoms with E-state index in [0.717, 1.165) is 30.3 Å². The highest BCUT2D eigenvalue weighted by atomic mass is 32.2. The van der Waals surface area contributed by atoms with Crippen LogP contribution in [0, 0.1) is 12.7 Å². The highest BCUT2D eigenvalue weighted by Crippen LogP contribution is 2.34. The monoisotopic (exact) mass is 487 g/mol. The number of anilines is 2. The van der Waals surface area contributed by atoms with E-state index in [4.69, 9.17) is 4.74 Å². The van der Waals surface area contributed by atoms with E-state index < -0.39 is 9.73 Å². The summed E-state index contributed by atoms with van der Waals surface area (Å²) in [5, 5.41) is 13.3. The molecule has 0 radical (unpaired) electrons. The normalized spacial score (nSPS) is 17.0. The van der Waals surface area contributed by atoms with Gasteiger partial charge in [-0.15, -0.1) is 0 Å². The number of nitrogens with zero attached hydrogens (tertiary/aromatic N) is 4. The number of β-amino-alcohol motifs (C(OH)–C–C–N with tert-alkyl or cyclic N) is 1. The molecule has 4 rings (SSSR count). The number of nitrogens with one attached hydrogen (secondary N) is 1. The van der Waals surface area contributed by atoms with Crippen molar-refractivity contribution in [3.63, 3.8) is 0 Å². The van der Waals surface area contributed by atoms with Gasteiger partial charge >= 0.3 is 0 Å². The number of aryl methyl sites for hydroxylation is 1. The Bertz CT molecular complexity index is 1300. The molecule has 0 amide bonds. The van der Waals surface area contributed by atoms with Crippen molar-refractivity contribution in [1.82, 2.24) is 14.9 Å². The fourth-order valence-corrected chi connectivity index (χ4v) is 4.85. The van der Waals surface area contributed by atoms with Gasteiger partial charge in [0.2, 0.25) is 0 Å². The number of hydrogen-bond donors (Lipinski definition) is 2. The van der Waals surface area contributed by atoms with Crippen LogP contribution in [0.4, 0.5) is 21.6 Å². The molecule has 34 heavy (non-hydrogen) atoms. The summed E-state index contributed by atoms with van der Waals surface area (Å²) in [6, 6.07) is 8.01. The van der Waals surface area contributed by atoms with E-state index in [9.17, 15) is 13.7 Å². The molecule has 1 aliphatic rings. The molecule has 3 aromatic rings. The van der Waals surface area contributed by atoms with Crippen molar-refractivity contribution in [3.8, 4) is 5.75 Å². The molecule has 10 heteroatoms. The number of aliphatic hydroxyl groups excluding tert-OH is 1. The van der Waals surface area contributed by atoms with Gasteiger partial charge in [-0.2, -0.15) is 4.36 Å². The molecule has 8 nitrogen and oxygen atoms in total. The average molecular weight is 488 g/mol. The number of benzene rings is 2. The summed E-state index contributed by atoms with van der Waals surface area (Å²) in [7, 11) is -2.31. The van der Waals surface area contributed by atoms with E-state index in [-0.39, 0.29) is 18.5 Å². The lowest BCUT2D eigenvalue weighted by Crippen LogP contribution is -2.42. The fraction of sp³-hybridized carbons (Fsp3) is 0.417. The Morgan fingerprint density at radius 3 is 2.88 bits per heavy atom. The predicted octanol–water partition coefficient (Wildman–Crippen LogP) is 4.02. The van der Waals surface area contributed by atoms with Crippen LogP contribution >= 0.6 is 0 Å². The fourth-order valence-electron chi connectivity index (χ4n) is 4.23. The predicted molar refractivity (Wildman–Crippen MR) is 133 cm³/mol. The van der Waals surface area contributed by atoms with Gasteiger partial charge in [0.05, 0.1) is 23.5 Å². The molecule has 182 valence electrons. The van der Waals surface area contributed by atoms with Gasteiger partial charge < -0.3 is 15.2 Å². The van der Waals surface area contributed by atoms with Crippen LogP contribution in [0.2, 0.25) is 0 Å². The van der Waals surface area contributed by atoms with Gasteiger partial charge in [-0.1, -0.05) is 0 Å². The molecule has 1 fully saturated rings. The maximum atomic E-state index is 14.1. The number of piperidine rings is 1. The molecule has 1 atom stereocenters. The van der Waals surface area contributed by atoms with Crippen molar-refractivity contribution in [1.29, 1.82) is 0 Å². The van der Waals surface area contributed by atoms with Crippen molar-refractivity contribution in [3.05, 3.63) is 48.0 Å². The number of rotatable bonds is 7. The topological polar surface area (TPSA) is 99.9 Å². The highest BCUT2D eigenvalue weighted by molar-refractivity contribution is 7.92. The Balaban J connectivity index is 1.65. The summed E-state index contributed by atoms with van der Waals surface area (Å²) in [5.41, 5.74) is 2.73. The summed E-state index contributed by atoms with van der Waals surface area (Å²) >= 11 is 0. The third-order valence-electron chi connectivity index (χ3n) is 5.61. The minimum absolute atomic E-state index is 0.0995. The molecule has 0 spiro atoms. The molecule has 1 aromatic heterocycles. The zero-order chi connectivity index (χ0) is 24.3. The Morgan fingerprint density at radius 1 is 1.29 bits per heavy atom. The van der Waals surface area contributed by atoms with E-state index in [1.54, 1.807) is 24.6 Å². The van der Waals surface area contributed by atoms with Gasteiger partial charge in [0.25, 0.3) is 0 Å². The second kappa shape index (κ2) is 10.2. The second-order valence-electron chi connectivity index (χ2n) is 8.82. The second-order valence-corrected chi connectivity index (χ2v) is 11.4. The molecule has 0 bridgehead atoms. The summed E-state index contributed by atoms with van der Waals surface area (Å²) in [6.07, 6.45) is 6.33. The van der Waals surface area contributed by atoms with Gasteiger partial charge in [0, 0.05) is 46.8 Å². The number of halogens is 1. The number of aromatic nitrogens is 2. The largest absolute Gasteiger partial charge is 0.487 e. The number of aliphatic hydroxyl groups is 1. The lowest BCUT2D eigenvalue weighted by atomic mass is 10.1. The van der Waals surface area contributed by atoms with Crippen molar-refractivity contribution >= 4 is 37.8 Å². The van der Waals surface area contributed by atoms with Crippen LogP contribution in [0.3, 0.4) is 0 Å². The lowest BCUT2D eigenvalue weighted by Gasteiger charge is -2.32. The van der Waals surface area contributed by atoms with Crippen LogP contribution in [-0.4, -0.2) is 69.0 Å². The first-order valence-corrected chi connectivity index (χ1v) is 13.5. The van der Waals surface area contributed by atoms with Crippen LogP contribution < -0.4 is 10.1 Å². The standard InChI is InChI=1S/C24H30FN5O3S/c1-16-11-18(29-34(2,3)32)13-21-23(16)24(27-15-26-21)28-20-7-6-17(25)12-22(20)33-19-5-4-8-30(14-19)9-10-31/h6-7,11-13,15,19,31H,4-5,8-10,14H2,1-3H3,(H,26,27,28)/t19-/m1/s1. The molecular formula is C24H30FN5O3S. The van der Waals surface area contributed by atoms with Crippen molar-refractivity contribution in [2.75, 3.05) is 44.1 Å². The maximum absolute atomic E-state index is 14.1. The SMILES string of the molecule is Cc1cc(N=S(C)(C)=O)cc2ncnc(Nc3ccc(F)cc3O[C@@H]3CCCN(CCO)C3)c12. The first kappa shape index (κ1) is 24.3. The van der Waals surface area contributed by atoms with E-state index in [0.29, 0.717) is 41.5 Å². The van der Waals surface area contributed by atoms with Crippen LogP contribution in [0.5, 0.6) is 5.75 Å². The molecule has 1 saturated heterocycles. The Kier molecular flexibility index (Phi) is 7.30. The van der Waals surface area contributed by atoms with Crippen LogP contribution in [0.15, 0.2) is 41.0 Å². The Hall–Kier alpha value is -2.82. The molecule has 0 unspecified atom stereocenters. The molecule has 2 aromatic carbocycles. The minimum Gasteiger partial charge on any atom is -0.487 e. The molecule has 2 heterocycles. The van der Waals surface area contributed by atoms with E-state index in [1.165, 1.54) is 18.5 Å². The highest BCUT2D eigenvalue weighted by Gasteiger charge is 2.22. The number of likely N-dealkylation sites (tertiary alicyclic amines) is 1. The lowest BCUT2D eigenvalue weighted by molar-refractivity contribution is 0.0770. The molecule has 1 aliphatic heterocycles. The number of hydrogen-bond acceptors (Lipinski definition) is 8. The average Bonchev–Trinajstić information content (AvgIpc) is 2.75. The van der Waals surface area contributed by atoms with Crippen LogP contribution in [0.1, 0.15) is 18.4 Å². The third-order valence-corrected chi connectivity index (χ3v) is 6.26. The molecule has 2 N–H and O–H groups in total. The van der Waals surface area contributed by atoms with E-state index in [1.807, 2.05) is 13.0 Å². The van der Waals surface area contributed by atoms with Gasteiger partial charge in [0.1, 0.15) is 29.8 Å². The van der Waals surface area contributed by atoms with Crippen molar-refractivity contribution in [2.45, 2.75) is 25.9 Å². The first-order valence-electron chi connectivity index (χ1n) is 11.2. The van der Waals surface area contributed by atoms with Crippen LogP contribution in [-0.2, 0) is 9.73 Å². The maximum Gasteiger partial charge on any atom is 0.146 e. The minimum atomic E-state index is -2.31. The van der Waals surface area contributed by atoms with Gasteiger partial charge in [0.15, 0.2) is 0 Å². The van der Waals surface area contributed by atoms with Crippen molar-refractivity contribution < 1.29 is 18.4 Å². The Labute approximate surface area is 199 Å². The zero-order valence-corrected chi connectivity index (χ0v) is 20.4. The zero-order valence-electron chi connectivity index (χ0n) is 19.6. The first-order chi connectivity index (χ1) is 16.2.